The van der Waals surface area contributed by atoms with Crippen molar-refractivity contribution in [2.45, 2.75) is 57.5 Å². The number of rotatable bonds is 8. The molecule has 0 bridgehead atoms. The van der Waals surface area contributed by atoms with Crippen LogP contribution < -0.4 is 0 Å². The van der Waals surface area contributed by atoms with Crippen molar-refractivity contribution in [2.75, 3.05) is 13.1 Å². The number of sulfonamides is 1. The predicted octanol–water partition coefficient (Wildman–Crippen LogP) is 4.12. The lowest BCUT2D eigenvalue weighted by molar-refractivity contribution is -0.139. The molecular weight excluding hydrogens is 424 g/mol. The molecule has 1 saturated heterocycles. The highest BCUT2D eigenvalue weighted by molar-refractivity contribution is 7.89. The maximum Gasteiger partial charge on any atom is 0.243 e. The minimum absolute atomic E-state index is 0.102. The van der Waals surface area contributed by atoms with Gasteiger partial charge in [0.1, 0.15) is 0 Å². The summed E-state index contributed by atoms with van der Waals surface area (Å²) in [6.07, 6.45) is 1.87. The van der Waals surface area contributed by atoms with Gasteiger partial charge in [-0.2, -0.15) is 4.31 Å². The molecule has 0 unspecified atom stereocenters. The fourth-order valence-corrected chi connectivity index (χ4v) is 5.51. The SMILES string of the molecule is CC[C@@H](C)N(Cc1ccccc1)C(=O)C1CCN(S(=O)(=O)c2ccc(C(C)=O)cc2)CC1. The van der Waals surface area contributed by atoms with Crippen LogP contribution in [0, 0.1) is 5.92 Å². The van der Waals surface area contributed by atoms with Gasteiger partial charge in [-0.25, -0.2) is 8.42 Å². The van der Waals surface area contributed by atoms with Gasteiger partial charge in [0.2, 0.25) is 15.9 Å². The van der Waals surface area contributed by atoms with Gasteiger partial charge in [-0.3, -0.25) is 9.59 Å². The van der Waals surface area contributed by atoms with Gasteiger partial charge in [-0.1, -0.05) is 49.4 Å². The van der Waals surface area contributed by atoms with Crippen molar-refractivity contribution in [1.82, 2.24) is 9.21 Å². The van der Waals surface area contributed by atoms with E-state index in [1.54, 1.807) is 12.1 Å². The lowest BCUT2D eigenvalue weighted by atomic mass is 9.95. The summed E-state index contributed by atoms with van der Waals surface area (Å²) in [5, 5.41) is 0. The molecule has 0 N–H and O–H groups in total. The molecule has 0 radical (unpaired) electrons. The Kier molecular flexibility index (Phi) is 7.85. The van der Waals surface area contributed by atoms with E-state index in [1.807, 2.05) is 35.2 Å². The summed E-state index contributed by atoms with van der Waals surface area (Å²) in [5.41, 5.74) is 1.58. The van der Waals surface area contributed by atoms with Crippen LogP contribution in [0.1, 0.15) is 56.0 Å². The van der Waals surface area contributed by atoms with E-state index in [9.17, 15) is 18.0 Å². The van der Waals surface area contributed by atoms with Gasteiger partial charge in [0, 0.05) is 37.2 Å². The molecule has 2 aromatic rings. The molecule has 172 valence electrons. The first-order valence-corrected chi connectivity index (χ1v) is 12.6. The first kappa shape index (κ1) is 24.1. The van der Waals surface area contributed by atoms with E-state index in [4.69, 9.17) is 0 Å². The topological polar surface area (TPSA) is 74.8 Å². The van der Waals surface area contributed by atoms with Gasteiger partial charge >= 0.3 is 0 Å². The smallest absolute Gasteiger partial charge is 0.243 e. The number of carbonyl (C=O) groups is 2. The molecule has 0 aliphatic carbocycles. The van der Waals surface area contributed by atoms with Crippen LogP contribution in [0.4, 0.5) is 0 Å². The molecule has 1 heterocycles. The van der Waals surface area contributed by atoms with Gasteiger partial charge in [0.25, 0.3) is 0 Å². The molecular formula is C25H32N2O4S. The Bertz CT molecular complexity index is 1030. The van der Waals surface area contributed by atoms with Crippen LogP contribution in [0.5, 0.6) is 0 Å². The van der Waals surface area contributed by atoms with E-state index >= 15 is 0 Å². The van der Waals surface area contributed by atoms with Gasteiger partial charge in [0.15, 0.2) is 5.78 Å². The lowest BCUT2D eigenvalue weighted by Gasteiger charge is -2.36. The third-order valence-corrected chi connectivity index (χ3v) is 8.22. The van der Waals surface area contributed by atoms with Crippen LogP contribution in [-0.2, 0) is 21.4 Å². The second-order valence-corrected chi connectivity index (χ2v) is 10.4. The Hall–Kier alpha value is -2.51. The Morgan fingerprint density at radius 2 is 1.62 bits per heavy atom. The molecule has 32 heavy (non-hydrogen) atoms. The summed E-state index contributed by atoms with van der Waals surface area (Å²) in [7, 11) is -3.65. The highest BCUT2D eigenvalue weighted by Gasteiger charge is 2.34. The summed E-state index contributed by atoms with van der Waals surface area (Å²) in [4.78, 5) is 26.9. The summed E-state index contributed by atoms with van der Waals surface area (Å²) in [5.74, 6) is -0.181. The first-order chi connectivity index (χ1) is 15.2. The molecule has 1 atom stereocenters. The Morgan fingerprint density at radius 1 is 1.03 bits per heavy atom. The standard InChI is InChI=1S/C25H32N2O4S/c1-4-19(2)27(18-21-8-6-5-7-9-21)25(29)23-14-16-26(17-15-23)32(30,31)24-12-10-22(11-13-24)20(3)28/h5-13,19,23H,4,14-18H2,1-3H3/t19-/m1/s1. The second kappa shape index (κ2) is 10.4. The molecule has 1 aliphatic heterocycles. The summed E-state index contributed by atoms with van der Waals surface area (Å²) in [6, 6.07) is 16.1. The van der Waals surface area contributed by atoms with Crippen molar-refractivity contribution < 1.29 is 18.0 Å². The quantitative estimate of drug-likeness (QED) is 0.560. The fourth-order valence-electron chi connectivity index (χ4n) is 4.04. The molecule has 3 rings (SSSR count). The van der Waals surface area contributed by atoms with Crippen LogP contribution in [0.15, 0.2) is 59.5 Å². The minimum Gasteiger partial charge on any atom is -0.335 e. The van der Waals surface area contributed by atoms with Crippen LogP contribution in [0.2, 0.25) is 0 Å². The van der Waals surface area contributed by atoms with Crippen molar-refractivity contribution in [1.29, 1.82) is 0 Å². The fraction of sp³-hybridized carbons (Fsp3) is 0.440. The van der Waals surface area contributed by atoms with Crippen LogP contribution in [0.25, 0.3) is 0 Å². The number of carbonyl (C=O) groups excluding carboxylic acids is 2. The van der Waals surface area contributed by atoms with Crippen molar-refractivity contribution >= 4 is 21.7 Å². The molecule has 1 amide bonds. The minimum atomic E-state index is -3.65. The lowest BCUT2D eigenvalue weighted by Crippen LogP contribution is -2.46. The molecule has 1 fully saturated rings. The van der Waals surface area contributed by atoms with Crippen LogP contribution in [0.3, 0.4) is 0 Å². The second-order valence-electron chi connectivity index (χ2n) is 8.47. The average molecular weight is 457 g/mol. The van der Waals surface area contributed by atoms with Gasteiger partial charge in [-0.05, 0) is 50.8 Å². The number of Topliss-reactive ketones (excluding diaryl/α,β-unsaturated/α-hetero) is 1. The van der Waals surface area contributed by atoms with Crippen molar-refractivity contribution in [3.8, 4) is 0 Å². The molecule has 0 aromatic heterocycles. The Morgan fingerprint density at radius 3 is 2.16 bits per heavy atom. The van der Waals surface area contributed by atoms with E-state index in [0.717, 1.165) is 12.0 Å². The number of piperidine rings is 1. The Labute approximate surface area is 191 Å². The predicted molar refractivity (Wildman–Crippen MR) is 125 cm³/mol. The highest BCUT2D eigenvalue weighted by atomic mass is 32.2. The zero-order valence-electron chi connectivity index (χ0n) is 19.0. The first-order valence-electron chi connectivity index (χ1n) is 11.2. The van der Waals surface area contributed by atoms with Gasteiger partial charge in [-0.15, -0.1) is 0 Å². The zero-order valence-corrected chi connectivity index (χ0v) is 19.8. The summed E-state index contributed by atoms with van der Waals surface area (Å²) < 4.78 is 27.5. The number of hydrogen-bond donors (Lipinski definition) is 0. The van der Waals surface area contributed by atoms with Crippen molar-refractivity contribution in [3.63, 3.8) is 0 Å². The number of nitrogens with zero attached hydrogens (tertiary/aromatic N) is 2. The molecule has 0 saturated carbocycles. The average Bonchev–Trinajstić information content (AvgIpc) is 2.82. The van der Waals surface area contributed by atoms with E-state index in [0.29, 0.717) is 38.0 Å². The van der Waals surface area contributed by atoms with Crippen LogP contribution in [-0.4, -0.2) is 48.4 Å². The maximum atomic E-state index is 13.4. The number of hydrogen-bond acceptors (Lipinski definition) is 4. The number of amides is 1. The summed E-state index contributed by atoms with van der Waals surface area (Å²) >= 11 is 0. The highest BCUT2D eigenvalue weighted by Crippen LogP contribution is 2.27. The molecule has 7 heteroatoms. The zero-order chi connectivity index (χ0) is 23.3. The maximum absolute atomic E-state index is 13.4. The Balaban J connectivity index is 1.67. The van der Waals surface area contributed by atoms with E-state index in [1.165, 1.54) is 23.4 Å². The normalized spacial score (nSPS) is 16.5. The van der Waals surface area contributed by atoms with Crippen molar-refractivity contribution in [3.05, 3.63) is 65.7 Å². The molecule has 1 aliphatic rings. The summed E-state index contributed by atoms with van der Waals surface area (Å²) in [6.45, 7) is 6.77. The number of ketones is 1. The van der Waals surface area contributed by atoms with E-state index < -0.39 is 10.0 Å². The third kappa shape index (κ3) is 5.45. The van der Waals surface area contributed by atoms with Gasteiger partial charge < -0.3 is 4.90 Å². The van der Waals surface area contributed by atoms with E-state index in [-0.39, 0.29) is 28.5 Å². The third-order valence-electron chi connectivity index (χ3n) is 6.30. The number of benzene rings is 2. The largest absolute Gasteiger partial charge is 0.335 e. The van der Waals surface area contributed by atoms with Crippen LogP contribution >= 0.6 is 0 Å². The molecule has 0 spiro atoms. The van der Waals surface area contributed by atoms with Crippen molar-refractivity contribution in [2.24, 2.45) is 5.92 Å². The molecule has 2 aromatic carbocycles. The molecule has 6 nitrogen and oxygen atoms in total. The van der Waals surface area contributed by atoms with E-state index in [2.05, 4.69) is 13.8 Å². The van der Waals surface area contributed by atoms with Gasteiger partial charge in [0.05, 0.1) is 4.90 Å². The monoisotopic (exact) mass is 456 g/mol.